The highest BCUT2D eigenvalue weighted by atomic mass is 32.2. The van der Waals surface area contributed by atoms with Crippen LogP contribution in [-0.2, 0) is 0 Å². The molecule has 0 heterocycles. The first-order valence-electron chi connectivity index (χ1n) is 4.54. The fourth-order valence-corrected chi connectivity index (χ4v) is 2.13. The predicted molar refractivity (Wildman–Crippen MR) is 58.1 cm³/mol. The van der Waals surface area contributed by atoms with E-state index in [2.05, 4.69) is 0 Å². The average Bonchev–Trinajstić information content (AvgIpc) is 2.14. The van der Waals surface area contributed by atoms with E-state index < -0.39 is 12.0 Å². The van der Waals surface area contributed by atoms with E-state index in [1.165, 1.54) is 25.6 Å². The van der Waals surface area contributed by atoms with E-state index in [1.807, 2.05) is 6.26 Å². The van der Waals surface area contributed by atoms with E-state index in [9.17, 15) is 18.0 Å². The Morgan fingerprint density at radius 1 is 1.19 bits per heavy atom. The number of hydrogen-bond acceptors (Lipinski definition) is 2. The van der Waals surface area contributed by atoms with Crippen molar-refractivity contribution in [1.82, 2.24) is 0 Å². The first kappa shape index (κ1) is 13.1. The largest absolute Gasteiger partial charge is 0.454 e. The molecule has 1 aromatic rings. The maximum Gasteiger partial charge on any atom is 0.454 e. The van der Waals surface area contributed by atoms with Gasteiger partial charge in [0, 0.05) is 10.5 Å². The van der Waals surface area contributed by atoms with E-state index in [-0.39, 0.29) is 5.56 Å². The van der Waals surface area contributed by atoms with Crippen LogP contribution in [0.3, 0.4) is 0 Å². The molecule has 5 heteroatoms. The summed E-state index contributed by atoms with van der Waals surface area (Å²) in [5, 5.41) is 0. The minimum Gasteiger partial charge on any atom is -0.284 e. The summed E-state index contributed by atoms with van der Waals surface area (Å²) in [6.07, 6.45) is -2.98. The molecule has 0 saturated carbocycles. The van der Waals surface area contributed by atoms with Crippen LogP contribution in [0.4, 0.5) is 13.2 Å². The lowest BCUT2D eigenvalue weighted by Gasteiger charge is -2.12. The van der Waals surface area contributed by atoms with Gasteiger partial charge < -0.3 is 0 Å². The van der Waals surface area contributed by atoms with Crippen molar-refractivity contribution in [1.29, 1.82) is 0 Å². The second-order valence-electron chi connectivity index (χ2n) is 3.46. The van der Waals surface area contributed by atoms with Crippen molar-refractivity contribution >= 4 is 17.5 Å². The summed E-state index contributed by atoms with van der Waals surface area (Å²) in [6.45, 7) is 3.04. The van der Waals surface area contributed by atoms with Crippen molar-refractivity contribution in [2.24, 2.45) is 0 Å². The maximum absolute atomic E-state index is 12.3. The topological polar surface area (TPSA) is 17.1 Å². The predicted octanol–water partition coefficient (Wildman–Crippen LogP) is 3.77. The zero-order valence-corrected chi connectivity index (χ0v) is 9.92. The van der Waals surface area contributed by atoms with E-state index >= 15 is 0 Å². The van der Waals surface area contributed by atoms with Gasteiger partial charge in [-0.15, -0.1) is 11.8 Å². The van der Waals surface area contributed by atoms with Gasteiger partial charge in [-0.05, 0) is 43.4 Å². The van der Waals surface area contributed by atoms with Crippen LogP contribution in [0.2, 0.25) is 0 Å². The maximum atomic E-state index is 12.3. The highest BCUT2D eigenvalue weighted by molar-refractivity contribution is 7.98. The molecule has 0 unspecified atom stereocenters. The lowest BCUT2D eigenvalue weighted by Crippen LogP contribution is -2.24. The van der Waals surface area contributed by atoms with E-state index in [4.69, 9.17) is 0 Å². The van der Waals surface area contributed by atoms with Crippen molar-refractivity contribution in [3.63, 3.8) is 0 Å². The minimum atomic E-state index is -4.81. The number of ketones is 1. The van der Waals surface area contributed by atoms with E-state index in [0.717, 1.165) is 4.90 Å². The second kappa shape index (κ2) is 4.49. The molecule has 0 N–H and O–H groups in total. The lowest BCUT2D eigenvalue weighted by molar-refractivity contribution is -0.0886. The first-order chi connectivity index (χ1) is 7.27. The van der Waals surface area contributed by atoms with Crippen LogP contribution in [0.5, 0.6) is 0 Å². The van der Waals surface area contributed by atoms with Gasteiger partial charge in [-0.2, -0.15) is 13.2 Å². The molecule has 1 rings (SSSR count). The van der Waals surface area contributed by atoms with Crippen molar-refractivity contribution in [2.45, 2.75) is 24.9 Å². The lowest BCUT2D eigenvalue weighted by atomic mass is 9.99. The monoisotopic (exact) mass is 248 g/mol. The second-order valence-corrected chi connectivity index (χ2v) is 4.34. The number of carbonyl (C=O) groups is 1. The molecule has 0 aliphatic heterocycles. The van der Waals surface area contributed by atoms with Crippen LogP contribution in [-0.4, -0.2) is 18.2 Å². The summed E-state index contributed by atoms with van der Waals surface area (Å²) in [6, 6.07) is 3.19. The molecule has 0 amide bonds. The van der Waals surface area contributed by atoms with Crippen LogP contribution >= 0.6 is 11.8 Å². The molecule has 1 aromatic carbocycles. The molecule has 0 radical (unpaired) electrons. The van der Waals surface area contributed by atoms with Crippen molar-refractivity contribution in [3.8, 4) is 0 Å². The number of carbonyl (C=O) groups excluding carboxylic acids is 1. The van der Waals surface area contributed by atoms with E-state index in [0.29, 0.717) is 11.1 Å². The highest BCUT2D eigenvalue weighted by Crippen LogP contribution is 2.28. The van der Waals surface area contributed by atoms with Gasteiger partial charge in [0.2, 0.25) is 0 Å². The van der Waals surface area contributed by atoms with Gasteiger partial charge in [0.1, 0.15) is 0 Å². The van der Waals surface area contributed by atoms with Crippen LogP contribution in [0.1, 0.15) is 21.5 Å². The van der Waals surface area contributed by atoms with Crippen molar-refractivity contribution < 1.29 is 18.0 Å². The zero-order chi connectivity index (χ0) is 12.5. The summed E-state index contributed by atoms with van der Waals surface area (Å²) in [5.74, 6) is -1.77. The molecule has 0 bridgehead atoms. The van der Waals surface area contributed by atoms with Crippen LogP contribution in [0.15, 0.2) is 17.0 Å². The molecule has 0 atom stereocenters. The van der Waals surface area contributed by atoms with Crippen LogP contribution in [0, 0.1) is 13.8 Å². The number of benzene rings is 1. The number of aryl methyl sites for hydroxylation is 2. The fraction of sp³-hybridized carbons (Fsp3) is 0.364. The number of halogens is 3. The van der Waals surface area contributed by atoms with E-state index in [1.54, 1.807) is 12.1 Å². The van der Waals surface area contributed by atoms with Gasteiger partial charge in [0.05, 0.1) is 0 Å². The molecule has 0 aliphatic carbocycles. The third-order valence-electron chi connectivity index (χ3n) is 2.23. The van der Waals surface area contributed by atoms with Gasteiger partial charge in [-0.3, -0.25) is 4.79 Å². The molecule has 0 saturated heterocycles. The van der Waals surface area contributed by atoms with Gasteiger partial charge in [0.15, 0.2) is 0 Å². The molecule has 0 fully saturated rings. The average molecular weight is 248 g/mol. The molecular weight excluding hydrogens is 237 g/mol. The molecule has 0 aromatic heterocycles. The molecule has 16 heavy (non-hydrogen) atoms. The standard InChI is InChI=1S/C11H11F3OS/c1-6-4-8(16-3)5-7(2)9(6)10(15)11(12,13)14/h4-5H,1-3H3. The van der Waals surface area contributed by atoms with Gasteiger partial charge in [-0.1, -0.05) is 0 Å². The van der Waals surface area contributed by atoms with Crippen LogP contribution in [0.25, 0.3) is 0 Å². The smallest absolute Gasteiger partial charge is 0.284 e. The third kappa shape index (κ3) is 2.58. The Morgan fingerprint density at radius 2 is 1.62 bits per heavy atom. The quantitative estimate of drug-likeness (QED) is 0.585. The number of Topliss-reactive ketones (excluding diaryl/α,β-unsaturated/α-hetero) is 1. The molecule has 0 spiro atoms. The molecular formula is C11H11F3OS. The van der Waals surface area contributed by atoms with Gasteiger partial charge in [0.25, 0.3) is 5.78 Å². The van der Waals surface area contributed by atoms with Crippen molar-refractivity contribution in [2.75, 3.05) is 6.26 Å². The normalized spacial score (nSPS) is 11.6. The molecule has 88 valence electrons. The third-order valence-corrected chi connectivity index (χ3v) is 2.93. The van der Waals surface area contributed by atoms with Crippen LogP contribution < -0.4 is 0 Å². The summed E-state index contributed by atoms with van der Waals surface area (Å²) < 4.78 is 37.0. The zero-order valence-electron chi connectivity index (χ0n) is 9.11. The number of rotatable bonds is 2. The highest BCUT2D eigenvalue weighted by Gasteiger charge is 2.40. The molecule has 0 aliphatic rings. The van der Waals surface area contributed by atoms with Gasteiger partial charge in [-0.25, -0.2) is 0 Å². The number of alkyl halides is 3. The Kier molecular flexibility index (Phi) is 3.68. The Hall–Kier alpha value is -0.970. The fourth-order valence-electron chi connectivity index (χ4n) is 1.54. The number of hydrogen-bond donors (Lipinski definition) is 0. The summed E-state index contributed by atoms with van der Waals surface area (Å²) in [7, 11) is 0. The Balaban J connectivity index is 3.31. The Morgan fingerprint density at radius 3 is 1.94 bits per heavy atom. The Bertz CT molecular complexity index is 401. The summed E-state index contributed by atoms with van der Waals surface area (Å²) in [5.41, 5.74) is 0.503. The van der Waals surface area contributed by atoms with Gasteiger partial charge >= 0.3 is 6.18 Å². The number of thioether (sulfide) groups is 1. The van der Waals surface area contributed by atoms with Crippen molar-refractivity contribution in [3.05, 3.63) is 28.8 Å². The first-order valence-corrected chi connectivity index (χ1v) is 5.76. The minimum absolute atomic E-state index is 0.231. The molecule has 1 nitrogen and oxygen atoms in total. The summed E-state index contributed by atoms with van der Waals surface area (Å²) >= 11 is 1.43. The Labute approximate surface area is 96.0 Å². The SMILES string of the molecule is CSc1cc(C)c(C(=O)C(F)(F)F)c(C)c1. The summed E-state index contributed by atoms with van der Waals surface area (Å²) in [4.78, 5) is 12.0.